The fourth-order valence-corrected chi connectivity index (χ4v) is 2.06. The Labute approximate surface area is 116 Å². The summed E-state index contributed by atoms with van der Waals surface area (Å²) < 4.78 is 0. The van der Waals surface area contributed by atoms with Crippen molar-refractivity contribution >= 4 is 22.3 Å². The number of aromatic nitrogens is 2. The van der Waals surface area contributed by atoms with E-state index in [0.717, 1.165) is 22.2 Å². The third kappa shape index (κ3) is 2.27. The average molecular weight is 263 g/mol. The van der Waals surface area contributed by atoms with Crippen LogP contribution < -0.4 is 11.1 Å². The van der Waals surface area contributed by atoms with E-state index in [4.69, 9.17) is 11.0 Å². The van der Waals surface area contributed by atoms with Gasteiger partial charge in [-0.1, -0.05) is 12.1 Å². The van der Waals surface area contributed by atoms with Crippen molar-refractivity contribution in [3.05, 3.63) is 53.7 Å². The molecule has 4 N–H and O–H groups in total. The minimum Gasteiger partial charge on any atom is -0.397 e. The molecular formula is C15H13N5. The second-order valence-electron chi connectivity index (χ2n) is 4.56. The van der Waals surface area contributed by atoms with Gasteiger partial charge in [-0.05, 0) is 29.8 Å². The van der Waals surface area contributed by atoms with E-state index in [1.54, 1.807) is 18.3 Å². The van der Waals surface area contributed by atoms with Gasteiger partial charge in [-0.3, -0.25) is 5.10 Å². The Morgan fingerprint density at radius 2 is 2.05 bits per heavy atom. The van der Waals surface area contributed by atoms with Crippen molar-refractivity contribution in [3.8, 4) is 6.07 Å². The number of nitriles is 1. The molecule has 1 aromatic heterocycles. The first-order valence-electron chi connectivity index (χ1n) is 6.22. The molecule has 0 fully saturated rings. The maximum absolute atomic E-state index is 8.76. The van der Waals surface area contributed by atoms with Gasteiger partial charge in [0.25, 0.3) is 0 Å². The highest BCUT2D eigenvalue weighted by Crippen LogP contribution is 2.25. The molecule has 0 saturated heterocycles. The van der Waals surface area contributed by atoms with E-state index in [2.05, 4.69) is 21.6 Å². The van der Waals surface area contributed by atoms with Crippen molar-refractivity contribution in [1.82, 2.24) is 10.2 Å². The molecule has 3 aromatic rings. The van der Waals surface area contributed by atoms with Crippen LogP contribution in [0, 0.1) is 11.3 Å². The first-order valence-corrected chi connectivity index (χ1v) is 6.22. The van der Waals surface area contributed by atoms with Crippen molar-refractivity contribution in [2.75, 3.05) is 11.1 Å². The number of aromatic amines is 1. The molecule has 2 aromatic carbocycles. The predicted octanol–water partition coefficient (Wildman–Crippen LogP) is 2.63. The molecule has 5 nitrogen and oxygen atoms in total. The van der Waals surface area contributed by atoms with Gasteiger partial charge in [-0.15, -0.1) is 0 Å². The summed E-state index contributed by atoms with van der Waals surface area (Å²) in [5.74, 6) is 0. The molecule has 0 unspecified atom stereocenters. The second kappa shape index (κ2) is 4.94. The molecule has 0 amide bonds. The van der Waals surface area contributed by atoms with Crippen LogP contribution in [0.25, 0.3) is 10.9 Å². The Morgan fingerprint density at radius 3 is 2.80 bits per heavy atom. The van der Waals surface area contributed by atoms with E-state index in [-0.39, 0.29) is 0 Å². The number of rotatable bonds is 3. The minimum atomic E-state index is 0.648. The predicted molar refractivity (Wildman–Crippen MR) is 79.0 cm³/mol. The molecule has 1 heterocycles. The highest BCUT2D eigenvalue weighted by atomic mass is 15.1. The van der Waals surface area contributed by atoms with Crippen molar-refractivity contribution < 1.29 is 0 Å². The number of hydrogen-bond donors (Lipinski definition) is 3. The molecule has 0 aliphatic heterocycles. The van der Waals surface area contributed by atoms with Crippen molar-refractivity contribution in [2.24, 2.45) is 0 Å². The quantitative estimate of drug-likeness (QED) is 0.633. The third-order valence-corrected chi connectivity index (χ3v) is 3.18. The fraction of sp³-hybridized carbons (Fsp3) is 0.0667. The van der Waals surface area contributed by atoms with Gasteiger partial charge in [0.15, 0.2) is 0 Å². The SMILES string of the molecule is N#Cc1ccc(CNc2cc3[nH]ncc3cc2N)cc1. The number of benzene rings is 2. The second-order valence-corrected chi connectivity index (χ2v) is 4.56. The van der Waals surface area contributed by atoms with Gasteiger partial charge in [-0.2, -0.15) is 10.4 Å². The number of H-pyrrole nitrogens is 1. The van der Waals surface area contributed by atoms with Gasteiger partial charge >= 0.3 is 0 Å². The highest BCUT2D eigenvalue weighted by Gasteiger charge is 2.03. The van der Waals surface area contributed by atoms with E-state index in [0.29, 0.717) is 17.8 Å². The first kappa shape index (κ1) is 12.1. The molecule has 0 aliphatic rings. The summed E-state index contributed by atoms with van der Waals surface area (Å²) >= 11 is 0. The summed E-state index contributed by atoms with van der Waals surface area (Å²) in [6, 6.07) is 13.4. The van der Waals surface area contributed by atoms with Gasteiger partial charge in [0.1, 0.15) is 0 Å². The largest absolute Gasteiger partial charge is 0.397 e. The van der Waals surface area contributed by atoms with Crippen LogP contribution in [-0.2, 0) is 6.54 Å². The topological polar surface area (TPSA) is 90.5 Å². The standard InChI is InChI=1S/C15H13N5/c16-7-10-1-3-11(4-2-10)8-18-15-6-14-12(5-13(15)17)9-19-20-14/h1-6,9,18H,8,17H2,(H,19,20). The highest BCUT2D eigenvalue weighted by molar-refractivity contribution is 5.88. The van der Waals surface area contributed by atoms with Gasteiger partial charge in [0.05, 0.1) is 34.7 Å². The van der Waals surface area contributed by atoms with Crippen LogP contribution in [-0.4, -0.2) is 10.2 Å². The van der Waals surface area contributed by atoms with Gasteiger partial charge < -0.3 is 11.1 Å². The average Bonchev–Trinajstić information content (AvgIpc) is 2.92. The van der Waals surface area contributed by atoms with Crippen molar-refractivity contribution in [1.29, 1.82) is 5.26 Å². The number of nitrogen functional groups attached to an aromatic ring is 1. The van der Waals surface area contributed by atoms with Crippen molar-refractivity contribution in [3.63, 3.8) is 0 Å². The lowest BCUT2D eigenvalue weighted by molar-refractivity contribution is 1.12. The Hall–Kier alpha value is -3.00. The van der Waals surface area contributed by atoms with Crippen LogP contribution in [0.4, 0.5) is 11.4 Å². The monoisotopic (exact) mass is 263 g/mol. The normalized spacial score (nSPS) is 10.3. The fourth-order valence-electron chi connectivity index (χ4n) is 2.06. The number of nitrogens with zero attached hydrogens (tertiary/aromatic N) is 2. The zero-order valence-electron chi connectivity index (χ0n) is 10.7. The minimum absolute atomic E-state index is 0.648. The zero-order chi connectivity index (χ0) is 13.9. The molecule has 0 saturated carbocycles. The summed E-state index contributed by atoms with van der Waals surface area (Å²) in [4.78, 5) is 0. The van der Waals surface area contributed by atoms with E-state index in [1.165, 1.54) is 0 Å². The van der Waals surface area contributed by atoms with E-state index >= 15 is 0 Å². The molecule has 3 rings (SSSR count). The molecule has 5 heteroatoms. The molecule has 0 atom stereocenters. The number of anilines is 2. The molecule has 0 aliphatic carbocycles. The maximum atomic E-state index is 8.76. The smallest absolute Gasteiger partial charge is 0.0991 e. The van der Waals surface area contributed by atoms with E-state index < -0.39 is 0 Å². The maximum Gasteiger partial charge on any atom is 0.0991 e. The Bertz CT molecular complexity index is 780. The van der Waals surface area contributed by atoms with Crippen LogP contribution in [0.3, 0.4) is 0 Å². The summed E-state index contributed by atoms with van der Waals surface area (Å²) in [5.41, 5.74) is 10.3. The van der Waals surface area contributed by atoms with E-state index in [9.17, 15) is 0 Å². The lowest BCUT2D eigenvalue weighted by atomic mass is 10.1. The molecule has 98 valence electrons. The molecule has 0 radical (unpaired) electrons. The number of nitrogens with one attached hydrogen (secondary N) is 2. The van der Waals surface area contributed by atoms with Gasteiger partial charge in [0, 0.05) is 11.9 Å². The van der Waals surface area contributed by atoms with Crippen LogP contribution in [0.1, 0.15) is 11.1 Å². The van der Waals surface area contributed by atoms with Crippen molar-refractivity contribution in [2.45, 2.75) is 6.54 Å². The zero-order valence-corrected chi connectivity index (χ0v) is 10.7. The molecular weight excluding hydrogens is 250 g/mol. The summed E-state index contributed by atoms with van der Waals surface area (Å²) in [5, 5.41) is 19.9. The van der Waals surface area contributed by atoms with Crippen LogP contribution in [0.5, 0.6) is 0 Å². The van der Waals surface area contributed by atoms with Gasteiger partial charge in [-0.25, -0.2) is 0 Å². The Kier molecular flexibility index (Phi) is 2.98. The van der Waals surface area contributed by atoms with Crippen LogP contribution >= 0.6 is 0 Å². The molecule has 20 heavy (non-hydrogen) atoms. The number of hydrogen-bond acceptors (Lipinski definition) is 4. The Morgan fingerprint density at radius 1 is 1.25 bits per heavy atom. The summed E-state index contributed by atoms with van der Waals surface area (Å²) in [7, 11) is 0. The first-order chi connectivity index (χ1) is 9.76. The van der Waals surface area contributed by atoms with Gasteiger partial charge in [0.2, 0.25) is 0 Å². The summed E-state index contributed by atoms with van der Waals surface area (Å²) in [6.07, 6.45) is 1.75. The number of fused-ring (bicyclic) bond motifs is 1. The third-order valence-electron chi connectivity index (χ3n) is 3.18. The van der Waals surface area contributed by atoms with Crippen LogP contribution in [0.2, 0.25) is 0 Å². The lowest BCUT2D eigenvalue weighted by Gasteiger charge is -2.09. The molecule has 0 bridgehead atoms. The lowest BCUT2D eigenvalue weighted by Crippen LogP contribution is -2.02. The molecule has 0 spiro atoms. The summed E-state index contributed by atoms with van der Waals surface area (Å²) in [6.45, 7) is 0.648. The number of nitrogens with two attached hydrogens (primary N) is 1. The van der Waals surface area contributed by atoms with E-state index in [1.807, 2.05) is 24.3 Å². The van der Waals surface area contributed by atoms with Crippen LogP contribution in [0.15, 0.2) is 42.6 Å². The Balaban J connectivity index is 1.78.